The minimum Gasteiger partial charge on any atom is -0.379 e. The standard InChI is InChI=1S/C27H36N4O4S3.ClH/c1-4-6-13-30(5-2)38(33,34)23-10-7-21(8-11-23)26(32)31(15-14-29-16-18-35-19-17-29)27-28-24-12-9-22(36-3)20-25(24)37-27;/h7-12,20H,4-6,13-19H2,1-3H3;1H. The third-order valence-electron chi connectivity index (χ3n) is 6.66. The van der Waals surface area contributed by atoms with Crippen molar-refractivity contribution in [3.8, 4) is 0 Å². The van der Waals surface area contributed by atoms with Crippen LogP contribution >= 0.6 is 35.5 Å². The number of anilines is 1. The minimum atomic E-state index is -3.61. The first-order valence-corrected chi connectivity index (χ1v) is 16.5. The van der Waals surface area contributed by atoms with Crippen molar-refractivity contribution < 1.29 is 17.9 Å². The van der Waals surface area contributed by atoms with Crippen molar-refractivity contribution in [1.82, 2.24) is 14.2 Å². The van der Waals surface area contributed by atoms with Crippen molar-refractivity contribution in [3.05, 3.63) is 48.0 Å². The van der Waals surface area contributed by atoms with Crippen LogP contribution < -0.4 is 4.90 Å². The lowest BCUT2D eigenvalue weighted by atomic mass is 10.2. The van der Waals surface area contributed by atoms with Crippen molar-refractivity contribution in [2.75, 3.05) is 63.6 Å². The van der Waals surface area contributed by atoms with Crippen LogP contribution in [-0.2, 0) is 14.8 Å². The van der Waals surface area contributed by atoms with Crippen LogP contribution in [0.5, 0.6) is 0 Å². The number of nitrogens with zero attached hydrogens (tertiary/aromatic N) is 4. The summed E-state index contributed by atoms with van der Waals surface area (Å²) in [5.74, 6) is -0.190. The van der Waals surface area contributed by atoms with Gasteiger partial charge in [-0.05, 0) is 55.1 Å². The Hall–Kier alpha value is -1.73. The van der Waals surface area contributed by atoms with Gasteiger partial charge in [0, 0.05) is 49.7 Å². The fraction of sp³-hybridized carbons (Fsp3) is 0.481. The molecule has 0 atom stereocenters. The van der Waals surface area contributed by atoms with E-state index in [0.717, 1.165) is 41.0 Å². The molecule has 0 bridgehead atoms. The Morgan fingerprint density at radius 2 is 1.82 bits per heavy atom. The van der Waals surface area contributed by atoms with Gasteiger partial charge in [-0.3, -0.25) is 14.6 Å². The van der Waals surface area contributed by atoms with E-state index in [1.54, 1.807) is 40.9 Å². The van der Waals surface area contributed by atoms with Gasteiger partial charge in [0.15, 0.2) is 5.13 Å². The molecule has 4 rings (SSSR count). The normalized spacial score (nSPS) is 14.5. The van der Waals surface area contributed by atoms with Crippen molar-refractivity contribution >= 4 is 66.8 Å². The van der Waals surface area contributed by atoms with E-state index in [4.69, 9.17) is 9.72 Å². The molecule has 1 fully saturated rings. The zero-order valence-electron chi connectivity index (χ0n) is 22.7. The number of thioether (sulfide) groups is 1. The third-order valence-corrected chi connectivity index (χ3v) is 10.4. The molecule has 0 N–H and O–H groups in total. The molecule has 8 nitrogen and oxygen atoms in total. The zero-order valence-corrected chi connectivity index (χ0v) is 25.9. The molecule has 3 aromatic rings. The highest BCUT2D eigenvalue weighted by atomic mass is 35.5. The third kappa shape index (κ3) is 7.72. The van der Waals surface area contributed by atoms with Crippen molar-refractivity contribution in [3.63, 3.8) is 0 Å². The summed E-state index contributed by atoms with van der Waals surface area (Å²) in [6.07, 6.45) is 3.77. The highest BCUT2D eigenvalue weighted by molar-refractivity contribution is 7.98. The molecule has 0 unspecified atom stereocenters. The molecule has 2 aromatic carbocycles. The van der Waals surface area contributed by atoms with Crippen LogP contribution in [0.15, 0.2) is 52.3 Å². The maximum absolute atomic E-state index is 13.8. The van der Waals surface area contributed by atoms with Gasteiger partial charge in [-0.2, -0.15) is 4.31 Å². The summed E-state index contributed by atoms with van der Waals surface area (Å²) in [7, 11) is -3.61. The molecule has 39 heavy (non-hydrogen) atoms. The number of unbranched alkanes of at least 4 members (excludes halogenated alkanes) is 1. The van der Waals surface area contributed by atoms with Crippen molar-refractivity contribution in [2.45, 2.75) is 36.5 Å². The summed E-state index contributed by atoms with van der Waals surface area (Å²) >= 11 is 3.17. The van der Waals surface area contributed by atoms with Gasteiger partial charge < -0.3 is 4.74 Å². The number of hydrogen-bond acceptors (Lipinski definition) is 8. The Kier molecular flexibility index (Phi) is 12.0. The maximum Gasteiger partial charge on any atom is 0.260 e. The number of carbonyl (C=O) groups is 1. The zero-order chi connectivity index (χ0) is 27.1. The average molecular weight is 613 g/mol. The molecule has 1 saturated heterocycles. The van der Waals surface area contributed by atoms with Crippen LogP contribution in [0, 0.1) is 0 Å². The van der Waals surface area contributed by atoms with Gasteiger partial charge in [-0.25, -0.2) is 13.4 Å². The van der Waals surface area contributed by atoms with Crippen molar-refractivity contribution in [1.29, 1.82) is 0 Å². The lowest BCUT2D eigenvalue weighted by Gasteiger charge is -2.29. The van der Waals surface area contributed by atoms with E-state index in [0.29, 0.717) is 50.1 Å². The van der Waals surface area contributed by atoms with Crippen LogP contribution in [0.3, 0.4) is 0 Å². The van der Waals surface area contributed by atoms with Gasteiger partial charge in [-0.15, -0.1) is 24.2 Å². The SMILES string of the molecule is CCCCN(CC)S(=O)(=O)c1ccc(C(=O)N(CCN2CCOCC2)c2nc3ccc(SC)cc3s2)cc1.Cl. The van der Waals surface area contributed by atoms with Crippen LogP contribution in [0.1, 0.15) is 37.0 Å². The molecule has 1 aliphatic rings. The topological polar surface area (TPSA) is 83.1 Å². The lowest BCUT2D eigenvalue weighted by Crippen LogP contribution is -2.43. The largest absolute Gasteiger partial charge is 0.379 e. The Morgan fingerprint density at radius 3 is 2.46 bits per heavy atom. The molecule has 2 heterocycles. The van der Waals surface area contributed by atoms with Gasteiger partial charge in [-0.1, -0.05) is 31.6 Å². The molecule has 1 aliphatic heterocycles. The van der Waals surface area contributed by atoms with Gasteiger partial charge in [0.05, 0.1) is 28.3 Å². The summed E-state index contributed by atoms with van der Waals surface area (Å²) < 4.78 is 34.3. The van der Waals surface area contributed by atoms with E-state index in [2.05, 4.69) is 11.0 Å². The number of sulfonamides is 1. The van der Waals surface area contributed by atoms with Crippen LogP contribution in [-0.4, -0.2) is 87.3 Å². The van der Waals surface area contributed by atoms with Gasteiger partial charge in [0.2, 0.25) is 10.0 Å². The Balaban J connectivity index is 0.00000420. The van der Waals surface area contributed by atoms with E-state index >= 15 is 0 Å². The molecule has 0 radical (unpaired) electrons. The Labute approximate surface area is 246 Å². The van der Waals surface area contributed by atoms with E-state index in [1.807, 2.05) is 32.2 Å². The molecule has 12 heteroatoms. The van der Waals surface area contributed by atoms with E-state index in [1.165, 1.54) is 15.6 Å². The maximum atomic E-state index is 13.8. The second kappa shape index (κ2) is 14.8. The molecule has 0 saturated carbocycles. The van der Waals surface area contributed by atoms with Gasteiger partial charge >= 0.3 is 0 Å². The molecule has 1 aromatic heterocycles. The molecule has 214 valence electrons. The highest BCUT2D eigenvalue weighted by Gasteiger charge is 2.26. The molecular weight excluding hydrogens is 576 g/mol. The first-order valence-electron chi connectivity index (χ1n) is 13.0. The number of morpholine rings is 1. The number of ether oxygens (including phenoxy) is 1. The number of rotatable bonds is 12. The summed E-state index contributed by atoms with van der Waals surface area (Å²) in [4.78, 5) is 23.9. The summed E-state index contributed by atoms with van der Waals surface area (Å²) in [5, 5.41) is 0.643. The Morgan fingerprint density at radius 1 is 1.10 bits per heavy atom. The van der Waals surface area contributed by atoms with Gasteiger partial charge in [0.1, 0.15) is 0 Å². The Bertz CT molecular complexity index is 1330. The fourth-order valence-corrected chi connectivity index (χ4v) is 7.37. The number of thiazole rings is 1. The van der Waals surface area contributed by atoms with Crippen LogP contribution in [0.2, 0.25) is 0 Å². The number of halogens is 1. The molecule has 1 amide bonds. The van der Waals surface area contributed by atoms with Gasteiger partial charge in [0.25, 0.3) is 5.91 Å². The fourth-order valence-electron chi connectivity index (χ4n) is 4.34. The number of aromatic nitrogens is 1. The predicted molar refractivity (Wildman–Crippen MR) is 163 cm³/mol. The smallest absolute Gasteiger partial charge is 0.260 e. The van der Waals surface area contributed by atoms with E-state index in [9.17, 15) is 13.2 Å². The highest BCUT2D eigenvalue weighted by Crippen LogP contribution is 2.32. The van der Waals surface area contributed by atoms with Crippen molar-refractivity contribution in [2.24, 2.45) is 0 Å². The molecular formula is C27H37ClN4O4S3. The molecule has 0 aliphatic carbocycles. The quantitative estimate of drug-likeness (QED) is 0.259. The number of fused-ring (bicyclic) bond motifs is 1. The average Bonchev–Trinajstić information content (AvgIpc) is 3.37. The summed E-state index contributed by atoms with van der Waals surface area (Å²) in [6.45, 7) is 9.01. The second-order valence-corrected chi connectivity index (χ2v) is 12.9. The summed E-state index contributed by atoms with van der Waals surface area (Å²) in [6, 6.07) is 12.4. The van der Waals surface area contributed by atoms with E-state index in [-0.39, 0.29) is 23.2 Å². The van der Waals surface area contributed by atoms with Crippen LogP contribution in [0.4, 0.5) is 5.13 Å². The second-order valence-electron chi connectivity index (χ2n) is 9.12. The number of carbonyl (C=O) groups excluding carboxylic acids is 1. The summed E-state index contributed by atoms with van der Waals surface area (Å²) in [5.41, 5.74) is 1.30. The minimum absolute atomic E-state index is 0. The number of amides is 1. The number of hydrogen-bond donors (Lipinski definition) is 0. The lowest BCUT2D eigenvalue weighted by molar-refractivity contribution is 0.0391. The monoisotopic (exact) mass is 612 g/mol. The van der Waals surface area contributed by atoms with Crippen LogP contribution in [0.25, 0.3) is 10.2 Å². The number of benzene rings is 2. The first kappa shape index (κ1) is 31.8. The van der Waals surface area contributed by atoms with E-state index < -0.39 is 10.0 Å². The first-order chi connectivity index (χ1) is 18.4. The molecule has 0 spiro atoms. The predicted octanol–water partition coefficient (Wildman–Crippen LogP) is 5.23.